The van der Waals surface area contributed by atoms with E-state index in [4.69, 9.17) is 0 Å². The Kier molecular flexibility index (Phi) is 3.01. The van der Waals surface area contributed by atoms with E-state index >= 15 is 0 Å². The molecule has 2 rings (SSSR count). The van der Waals surface area contributed by atoms with Crippen LogP contribution in [0.15, 0.2) is 6.20 Å². The van der Waals surface area contributed by atoms with Crippen LogP contribution in [0.3, 0.4) is 0 Å². The smallest absolute Gasteiger partial charge is 0.317 e. The van der Waals surface area contributed by atoms with E-state index in [1.54, 1.807) is 29.6 Å². The van der Waals surface area contributed by atoms with E-state index < -0.39 is 5.60 Å². The zero-order valence-electron chi connectivity index (χ0n) is 10.1. The van der Waals surface area contributed by atoms with Gasteiger partial charge in [0.25, 0.3) is 0 Å². The predicted molar refractivity (Wildman–Crippen MR) is 60.2 cm³/mol. The van der Waals surface area contributed by atoms with E-state index in [0.717, 1.165) is 6.54 Å². The molecule has 7 nitrogen and oxygen atoms in total. The maximum Gasteiger partial charge on any atom is 0.317 e. The molecular formula is C10H17N5O2. The van der Waals surface area contributed by atoms with Crippen molar-refractivity contribution < 1.29 is 9.90 Å². The van der Waals surface area contributed by atoms with Crippen molar-refractivity contribution in [1.29, 1.82) is 0 Å². The predicted octanol–water partition coefficient (Wildman–Crippen LogP) is -0.469. The summed E-state index contributed by atoms with van der Waals surface area (Å²) in [5, 5.41) is 20.3. The van der Waals surface area contributed by atoms with Gasteiger partial charge in [-0.15, -0.1) is 5.10 Å². The SMILES string of the molecule is CC(C)(O)c1cn(CCN2CCNC2=O)nn1. The molecule has 2 amide bonds. The normalized spacial score (nSPS) is 16.4. The lowest BCUT2D eigenvalue weighted by molar-refractivity contribution is 0.0737. The molecule has 1 saturated heterocycles. The lowest BCUT2D eigenvalue weighted by Gasteiger charge is -2.13. The van der Waals surface area contributed by atoms with Crippen molar-refractivity contribution in [2.45, 2.75) is 26.0 Å². The number of carbonyl (C=O) groups excluding carboxylic acids is 1. The van der Waals surface area contributed by atoms with Gasteiger partial charge in [-0.1, -0.05) is 5.21 Å². The summed E-state index contributed by atoms with van der Waals surface area (Å²) in [6.07, 6.45) is 1.70. The Morgan fingerprint density at radius 2 is 2.29 bits per heavy atom. The van der Waals surface area contributed by atoms with Gasteiger partial charge in [0, 0.05) is 19.6 Å². The van der Waals surface area contributed by atoms with Crippen LogP contribution in [0.2, 0.25) is 0 Å². The van der Waals surface area contributed by atoms with Crippen LogP contribution in [0.1, 0.15) is 19.5 Å². The lowest BCUT2D eigenvalue weighted by Crippen LogP contribution is -2.31. The van der Waals surface area contributed by atoms with Gasteiger partial charge in [-0.3, -0.25) is 4.68 Å². The molecule has 0 radical (unpaired) electrons. The van der Waals surface area contributed by atoms with Gasteiger partial charge < -0.3 is 15.3 Å². The van der Waals surface area contributed by atoms with Crippen LogP contribution in [0.25, 0.3) is 0 Å². The van der Waals surface area contributed by atoms with Crippen molar-refractivity contribution >= 4 is 6.03 Å². The quantitative estimate of drug-likeness (QED) is 0.744. The first-order valence-electron chi connectivity index (χ1n) is 5.62. The van der Waals surface area contributed by atoms with Gasteiger partial charge >= 0.3 is 6.03 Å². The van der Waals surface area contributed by atoms with E-state index in [1.165, 1.54) is 0 Å². The van der Waals surface area contributed by atoms with E-state index in [2.05, 4.69) is 15.6 Å². The van der Waals surface area contributed by atoms with E-state index in [9.17, 15) is 9.90 Å². The number of aliphatic hydroxyl groups is 1. The first kappa shape index (κ1) is 11.8. The van der Waals surface area contributed by atoms with Gasteiger partial charge in [-0.2, -0.15) is 0 Å². The van der Waals surface area contributed by atoms with Crippen molar-refractivity contribution in [2.75, 3.05) is 19.6 Å². The molecule has 1 aliphatic rings. The van der Waals surface area contributed by atoms with Crippen molar-refractivity contribution in [2.24, 2.45) is 0 Å². The number of urea groups is 1. The highest BCUT2D eigenvalue weighted by atomic mass is 16.3. The molecule has 1 fully saturated rings. The first-order valence-corrected chi connectivity index (χ1v) is 5.62. The minimum Gasteiger partial charge on any atom is -0.384 e. The molecule has 1 aromatic rings. The standard InChI is InChI=1S/C10H17N5O2/c1-10(2,17)8-7-15(13-12-8)6-5-14-4-3-11-9(14)16/h7,17H,3-6H2,1-2H3,(H,11,16). The number of hydrogen-bond donors (Lipinski definition) is 2. The number of hydrogen-bond acceptors (Lipinski definition) is 4. The van der Waals surface area contributed by atoms with Crippen LogP contribution >= 0.6 is 0 Å². The van der Waals surface area contributed by atoms with Gasteiger partial charge in [-0.05, 0) is 13.8 Å². The van der Waals surface area contributed by atoms with Gasteiger partial charge in [0.2, 0.25) is 0 Å². The highest BCUT2D eigenvalue weighted by Gasteiger charge is 2.21. The third kappa shape index (κ3) is 2.73. The molecule has 0 spiro atoms. The Labute approximate surface area is 99.4 Å². The molecule has 0 bridgehead atoms. The molecule has 1 aliphatic heterocycles. The molecule has 2 heterocycles. The highest BCUT2D eigenvalue weighted by molar-refractivity contribution is 5.76. The number of amides is 2. The van der Waals surface area contributed by atoms with Crippen molar-refractivity contribution in [3.05, 3.63) is 11.9 Å². The third-order valence-electron chi connectivity index (χ3n) is 2.71. The summed E-state index contributed by atoms with van der Waals surface area (Å²) in [5.74, 6) is 0. The zero-order chi connectivity index (χ0) is 12.5. The van der Waals surface area contributed by atoms with E-state index in [-0.39, 0.29) is 6.03 Å². The summed E-state index contributed by atoms with van der Waals surface area (Å²) in [7, 11) is 0. The summed E-state index contributed by atoms with van der Waals surface area (Å²) in [6.45, 7) is 5.93. The fraction of sp³-hybridized carbons (Fsp3) is 0.700. The Hall–Kier alpha value is -1.63. The van der Waals surface area contributed by atoms with Crippen LogP contribution < -0.4 is 5.32 Å². The van der Waals surface area contributed by atoms with Crippen molar-refractivity contribution in [3.63, 3.8) is 0 Å². The van der Waals surface area contributed by atoms with Gasteiger partial charge in [-0.25, -0.2) is 4.79 Å². The van der Waals surface area contributed by atoms with Crippen LogP contribution in [-0.4, -0.2) is 50.7 Å². The van der Waals surface area contributed by atoms with Crippen LogP contribution in [-0.2, 0) is 12.1 Å². The van der Waals surface area contributed by atoms with Crippen LogP contribution in [0.5, 0.6) is 0 Å². The average molecular weight is 239 g/mol. The maximum atomic E-state index is 11.3. The number of nitrogens with zero attached hydrogens (tertiary/aromatic N) is 4. The third-order valence-corrected chi connectivity index (χ3v) is 2.71. The number of carbonyl (C=O) groups is 1. The zero-order valence-corrected chi connectivity index (χ0v) is 10.1. The highest BCUT2D eigenvalue weighted by Crippen LogP contribution is 2.15. The Morgan fingerprint density at radius 1 is 1.53 bits per heavy atom. The van der Waals surface area contributed by atoms with Gasteiger partial charge in [0.15, 0.2) is 0 Å². The molecule has 17 heavy (non-hydrogen) atoms. The first-order chi connectivity index (χ1) is 7.97. The van der Waals surface area contributed by atoms with E-state index in [1.807, 2.05) is 0 Å². The number of nitrogens with one attached hydrogen (secondary N) is 1. The van der Waals surface area contributed by atoms with Crippen molar-refractivity contribution in [3.8, 4) is 0 Å². The molecule has 1 aromatic heterocycles. The maximum absolute atomic E-state index is 11.3. The average Bonchev–Trinajstić information content (AvgIpc) is 2.82. The molecular weight excluding hydrogens is 222 g/mol. The summed E-state index contributed by atoms with van der Waals surface area (Å²) < 4.78 is 1.64. The second-order valence-electron chi connectivity index (χ2n) is 4.64. The largest absolute Gasteiger partial charge is 0.384 e. The number of rotatable bonds is 4. The van der Waals surface area contributed by atoms with Gasteiger partial charge in [0.05, 0.1) is 12.7 Å². The fourth-order valence-corrected chi connectivity index (χ4v) is 1.64. The molecule has 2 N–H and O–H groups in total. The second-order valence-corrected chi connectivity index (χ2v) is 4.64. The number of aromatic nitrogens is 3. The summed E-state index contributed by atoms with van der Waals surface area (Å²) in [5.41, 5.74) is -0.452. The molecule has 0 aromatic carbocycles. The van der Waals surface area contributed by atoms with Gasteiger partial charge in [0.1, 0.15) is 11.3 Å². The molecule has 0 unspecified atom stereocenters. The second kappa shape index (κ2) is 4.33. The monoisotopic (exact) mass is 239 g/mol. The topological polar surface area (TPSA) is 83.3 Å². The summed E-state index contributed by atoms with van der Waals surface area (Å²) in [6, 6.07) is -0.0344. The minimum absolute atomic E-state index is 0.0344. The molecule has 0 aliphatic carbocycles. The summed E-state index contributed by atoms with van der Waals surface area (Å²) in [4.78, 5) is 13.0. The molecule has 7 heteroatoms. The van der Waals surface area contributed by atoms with Crippen molar-refractivity contribution in [1.82, 2.24) is 25.2 Å². The molecule has 0 atom stereocenters. The Morgan fingerprint density at radius 3 is 2.82 bits per heavy atom. The molecule has 94 valence electrons. The van der Waals surface area contributed by atoms with E-state index in [0.29, 0.717) is 25.3 Å². The van der Waals surface area contributed by atoms with Crippen LogP contribution in [0.4, 0.5) is 4.79 Å². The Balaban J connectivity index is 1.91. The Bertz CT molecular complexity index is 409. The molecule has 0 saturated carbocycles. The minimum atomic E-state index is -0.983. The summed E-state index contributed by atoms with van der Waals surface area (Å²) >= 11 is 0. The van der Waals surface area contributed by atoms with Crippen LogP contribution in [0, 0.1) is 0 Å². The fourth-order valence-electron chi connectivity index (χ4n) is 1.64. The lowest BCUT2D eigenvalue weighted by atomic mass is 10.1.